The Morgan fingerprint density at radius 3 is 2.73 bits per heavy atom. The molecule has 3 rings (SSSR count). The summed E-state index contributed by atoms with van der Waals surface area (Å²) in [6.07, 6.45) is 0.862. The van der Waals surface area contributed by atoms with Gasteiger partial charge in [0.15, 0.2) is 0 Å². The van der Waals surface area contributed by atoms with Crippen LogP contribution in [-0.4, -0.2) is 38.6 Å². The third-order valence-electron chi connectivity index (χ3n) is 5.00. The number of carbonyl (C=O) groups is 1. The first-order valence-corrected chi connectivity index (χ1v) is 9.21. The minimum atomic E-state index is 0.0167. The number of likely N-dealkylation sites (N-methyl/N-ethyl adjacent to an activating group) is 1. The lowest BCUT2D eigenvalue weighted by Crippen LogP contribution is -2.35. The third-order valence-corrected chi connectivity index (χ3v) is 5.35. The highest BCUT2D eigenvalue weighted by molar-refractivity contribution is 6.31. The van der Waals surface area contributed by atoms with Gasteiger partial charge in [0.2, 0.25) is 5.91 Å². The summed E-state index contributed by atoms with van der Waals surface area (Å²) in [7, 11) is 5.69. The Morgan fingerprint density at radius 2 is 2.04 bits per heavy atom. The molecule has 0 aromatic heterocycles. The molecule has 0 saturated heterocycles. The summed E-state index contributed by atoms with van der Waals surface area (Å²) >= 11 is 6.26. The SMILES string of the molecule is COc1cccc(C(CNC(=O)C2CC2c2ccccc2Cl)N(C)C)c1. The molecule has 4 nitrogen and oxygen atoms in total. The summed E-state index contributed by atoms with van der Waals surface area (Å²) < 4.78 is 5.31. The number of amides is 1. The van der Waals surface area contributed by atoms with Gasteiger partial charge in [-0.3, -0.25) is 4.79 Å². The van der Waals surface area contributed by atoms with E-state index in [1.807, 2.05) is 56.6 Å². The lowest BCUT2D eigenvalue weighted by molar-refractivity contribution is -0.122. The second-order valence-corrected chi connectivity index (χ2v) is 7.38. The van der Waals surface area contributed by atoms with Crippen LogP contribution in [0.4, 0.5) is 0 Å². The van der Waals surface area contributed by atoms with Crippen molar-refractivity contribution in [3.63, 3.8) is 0 Å². The second-order valence-electron chi connectivity index (χ2n) is 6.97. The van der Waals surface area contributed by atoms with Gasteiger partial charge in [0.05, 0.1) is 13.2 Å². The molecule has 0 aliphatic heterocycles. The molecular weight excluding hydrogens is 348 g/mol. The lowest BCUT2D eigenvalue weighted by Gasteiger charge is -2.25. The summed E-state index contributed by atoms with van der Waals surface area (Å²) in [6, 6.07) is 15.8. The van der Waals surface area contributed by atoms with E-state index in [9.17, 15) is 4.79 Å². The van der Waals surface area contributed by atoms with Gasteiger partial charge in [-0.05, 0) is 55.8 Å². The molecule has 138 valence electrons. The maximum Gasteiger partial charge on any atom is 0.223 e. The van der Waals surface area contributed by atoms with Gasteiger partial charge in [-0.2, -0.15) is 0 Å². The van der Waals surface area contributed by atoms with E-state index in [1.54, 1.807) is 7.11 Å². The zero-order valence-electron chi connectivity index (χ0n) is 15.4. The Bertz CT molecular complexity index is 778. The average molecular weight is 373 g/mol. The smallest absolute Gasteiger partial charge is 0.223 e. The Labute approximate surface area is 160 Å². The zero-order valence-corrected chi connectivity index (χ0v) is 16.2. The summed E-state index contributed by atoms with van der Waals surface area (Å²) in [5.41, 5.74) is 2.19. The van der Waals surface area contributed by atoms with Gasteiger partial charge in [-0.1, -0.05) is 41.9 Å². The molecule has 26 heavy (non-hydrogen) atoms. The van der Waals surface area contributed by atoms with Gasteiger partial charge in [0.25, 0.3) is 0 Å². The highest BCUT2D eigenvalue weighted by Crippen LogP contribution is 2.49. The number of rotatable bonds is 7. The minimum absolute atomic E-state index is 0.0167. The van der Waals surface area contributed by atoms with E-state index >= 15 is 0 Å². The topological polar surface area (TPSA) is 41.6 Å². The van der Waals surface area contributed by atoms with Crippen molar-refractivity contribution < 1.29 is 9.53 Å². The molecule has 1 N–H and O–H groups in total. The van der Waals surface area contributed by atoms with Gasteiger partial charge >= 0.3 is 0 Å². The zero-order chi connectivity index (χ0) is 18.7. The van der Waals surface area contributed by atoms with Crippen molar-refractivity contribution in [3.05, 3.63) is 64.7 Å². The first kappa shape index (κ1) is 18.7. The van der Waals surface area contributed by atoms with Gasteiger partial charge < -0.3 is 15.0 Å². The molecule has 3 unspecified atom stereocenters. The van der Waals surface area contributed by atoms with Crippen LogP contribution in [0.25, 0.3) is 0 Å². The van der Waals surface area contributed by atoms with Crippen LogP contribution in [0.3, 0.4) is 0 Å². The number of carbonyl (C=O) groups excluding carboxylic acids is 1. The number of nitrogens with zero attached hydrogens (tertiary/aromatic N) is 1. The van der Waals surface area contributed by atoms with Crippen molar-refractivity contribution in [1.29, 1.82) is 0 Å². The second kappa shape index (κ2) is 8.11. The monoisotopic (exact) mass is 372 g/mol. The third kappa shape index (κ3) is 4.19. The largest absolute Gasteiger partial charge is 0.497 e. The fourth-order valence-corrected chi connectivity index (χ4v) is 3.66. The van der Waals surface area contributed by atoms with Crippen LogP contribution in [0.2, 0.25) is 5.02 Å². The Balaban J connectivity index is 1.61. The van der Waals surface area contributed by atoms with Gasteiger partial charge in [0, 0.05) is 17.5 Å². The van der Waals surface area contributed by atoms with Crippen molar-refractivity contribution in [2.75, 3.05) is 27.7 Å². The van der Waals surface area contributed by atoms with E-state index in [4.69, 9.17) is 16.3 Å². The summed E-state index contributed by atoms with van der Waals surface area (Å²) in [5, 5.41) is 3.86. The molecule has 1 amide bonds. The molecule has 0 spiro atoms. The fourth-order valence-electron chi connectivity index (χ4n) is 3.38. The van der Waals surface area contributed by atoms with Crippen LogP contribution in [-0.2, 0) is 4.79 Å². The van der Waals surface area contributed by atoms with Crippen molar-refractivity contribution >= 4 is 17.5 Å². The predicted molar refractivity (Wildman–Crippen MR) is 105 cm³/mol. The summed E-state index contributed by atoms with van der Waals surface area (Å²) in [4.78, 5) is 14.7. The minimum Gasteiger partial charge on any atom is -0.497 e. The summed E-state index contributed by atoms with van der Waals surface area (Å²) in [5.74, 6) is 1.17. The number of ether oxygens (including phenoxy) is 1. The van der Waals surface area contributed by atoms with E-state index < -0.39 is 0 Å². The summed E-state index contributed by atoms with van der Waals surface area (Å²) in [6.45, 7) is 0.560. The van der Waals surface area contributed by atoms with E-state index in [2.05, 4.69) is 16.3 Å². The number of hydrogen-bond acceptors (Lipinski definition) is 3. The van der Waals surface area contributed by atoms with E-state index in [-0.39, 0.29) is 23.8 Å². The maximum absolute atomic E-state index is 12.6. The molecule has 3 atom stereocenters. The van der Waals surface area contributed by atoms with Crippen LogP contribution in [0.5, 0.6) is 5.75 Å². The van der Waals surface area contributed by atoms with E-state index in [0.29, 0.717) is 6.54 Å². The first-order valence-electron chi connectivity index (χ1n) is 8.83. The first-order chi connectivity index (χ1) is 12.5. The Morgan fingerprint density at radius 1 is 1.27 bits per heavy atom. The van der Waals surface area contributed by atoms with Crippen LogP contribution >= 0.6 is 11.6 Å². The molecule has 0 bridgehead atoms. The molecule has 0 radical (unpaired) electrons. The van der Waals surface area contributed by atoms with Gasteiger partial charge in [0.1, 0.15) is 5.75 Å². The van der Waals surface area contributed by atoms with Crippen LogP contribution < -0.4 is 10.1 Å². The molecule has 2 aromatic rings. The van der Waals surface area contributed by atoms with Crippen LogP contribution in [0, 0.1) is 5.92 Å². The van der Waals surface area contributed by atoms with Gasteiger partial charge in [-0.15, -0.1) is 0 Å². The number of hydrogen-bond donors (Lipinski definition) is 1. The van der Waals surface area contributed by atoms with Crippen molar-refractivity contribution in [1.82, 2.24) is 10.2 Å². The van der Waals surface area contributed by atoms with Crippen LogP contribution in [0.15, 0.2) is 48.5 Å². The quantitative estimate of drug-likeness (QED) is 0.802. The van der Waals surface area contributed by atoms with Crippen molar-refractivity contribution in [2.45, 2.75) is 18.4 Å². The Kier molecular flexibility index (Phi) is 5.84. The Hall–Kier alpha value is -2.04. The average Bonchev–Trinajstić information content (AvgIpc) is 3.42. The molecule has 1 saturated carbocycles. The number of methoxy groups -OCH3 is 1. The van der Waals surface area contributed by atoms with Crippen molar-refractivity contribution in [2.24, 2.45) is 5.92 Å². The molecule has 1 aliphatic carbocycles. The maximum atomic E-state index is 12.6. The molecular formula is C21H25ClN2O2. The number of nitrogens with one attached hydrogen (secondary N) is 1. The molecule has 5 heteroatoms. The van der Waals surface area contributed by atoms with E-state index in [0.717, 1.165) is 28.3 Å². The van der Waals surface area contributed by atoms with Crippen LogP contribution in [0.1, 0.15) is 29.5 Å². The number of halogens is 1. The van der Waals surface area contributed by atoms with Crippen molar-refractivity contribution in [3.8, 4) is 5.75 Å². The fraction of sp³-hybridized carbons (Fsp3) is 0.381. The van der Waals surface area contributed by atoms with E-state index in [1.165, 1.54) is 0 Å². The van der Waals surface area contributed by atoms with Gasteiger partial charge in [-0.25, -0.2) is 0 Å². The lowest BCUT2D eigenvalue weighted by atomic mass is 10.1. The normalized spacial score (nSPS) is 19.9. The standard InChI is InChI=1S/C21H25ClN2O2/c1-24(2)20(14-7-6-8-15(11-14)26-3)13-23-21(25)18-12-17(18)16-9-4-5-10-19(16)22/h4-11,17-18,20H,12-13H2,1-3H3,(H,23,25). The predicted octanol–water partition coefficient (Wildman–Crippen LogP) is 3.87. The highest BCUT2D eigenvalue weighted by atomic mass is 35.5. The molecule has 1 aliphatic rings. The molecule has 0 heterocycles. The highest BCUT2D eigenvalue weighted by Gasteiger charge is 2.44. The molecule has 2 aromatic carbocycles. The number of benzene rings is 2. The molecule has 1 fully saturated rings.